The van der Waals surface area contributed by atoms with E-state index in [4.69, 9.17) is 13.8 Å². The van der Waals surface area contributed by atoms with Crippen LogP contribution in [0.4, 0.5) is 0 Å². The van der Waals surface area contributed by atoms with Gasteiger partial charge >= 0.3 is 19.8 Å². The van der Waals surface area contributed by atoms with E-state index >= 15 is 0 Å². The Hall–Kier alpha value is -1.52. The van der Waals surface area contributed by atoms with Gasteiger partial charge in [0.15, 0.2) is 6.04 Å². The van der Waals surface area contributed by atoms with E-state index < -0.39 is 57.6 Å². The first-order valence-electron chi connectivity index (χ1n) is 28.1. The number of hydrogen-bond acceptors (Lipinski definition) is 8. The van der Waals surface area contributed by atoms with Crippen molar-refractivity contribution in [2.24, 2.45) is 0 Å². The van der Waals surface area contributed by atoms with Crippen LogP contribution in [-0.4, -0.2) is 64.9 Å². The molecule has 3 atom stereocenters. The number of aliphatic hydroxyl groups excluding tert-OH is 1. The summed E-state index contributed by atoms with van der Waals surface area (Å²) in [5.74, 6) is -2.34. The molecular formula is C54H106NO10P. The number of hydrogen-bond donors (Lipinski definition) is 4. The first-order chi connectivity index (χ1) is 32.1. The molecule has 0 aromatic rings. The maximum absolute atomic E-state index is 12.4. The van der Waals surface area contributed by atoms with Crippen LogP contribution in [0.3, 0.4) is 0 Å². The molecule has 0 rings (SSSR count). The molecule has 3 unspecified atom stereocenters. The number of carboxylic acid groups (broad SMARTS) is 1. The SMILES string of the molecule is CCCCCCCCCCCCCCCCCCCCCCCCCC(=O)NC(COP(=O)(O)OCC(O)COC(=O)CCCCCCCCCCCCCCCCCCCCC)C(=O)O. The Balaban J connectivity index is 3.74. The Labute approximate surface area is 405 Å². The summed E-state index contributed by atoms with van der Waals surface area (Å²) < 4.78 is 27.0. The van der Waals surface area contributed by atoms with E-state index in [1.807, 2.05) is 0 Å². The van der Waals surface area contributed by atoms with Crippen molar-refractivity contribution in [3.63, 3.8) is 0 Å². The molecule has 0 spiro atoms. The van der Waals surface area contributed by atoms with Gasteiger partial charge in [-0.2, -0.15) is 0 Å². The molecule has 66 heavy (non-hydrogen) atoms. The second-order valence-electron chi connectivity index (χ2n) is 19.5. The number of aliphatic carboxylic acids is 1. The zero-order valence-electron chi connectivity index (χ0n) is 43.0. The molecule has 0 aromatic heterocycles. The number of carboxylic acids is 1. The molecule has 0 aliphatic carbocycles. The van der Waals surface area contributed by atoms with Crippen molar-refractivity contribution in [2.45, 2.75) is 309 Å². The van der Waals surface area contributed by atoms with Crippen molar-refractivity contribution >= 4 is 25.7 Å². The van der Waals surface area contributed by atoms with Crippen LogP contribution in [-0.2, 0) is 32.7 Å². The van der Waals surface area contributed by atoms with E-state index in [1.54, 1.807) is 0 Å². The monoisotopic (exact) mass is 960 g/mol. The smallest absolute Gasteiger partial charge is 0.472 e. The predicted octanol–water partition coefficient (Wildman–Crippen LogP) is 15.8. The van der Waals surface area contributed by atoms with E-state index in [2.05, 4.69) is 19.2 Å². The Morgan fingerprint density at radius 2 is 0.697 bits per heavy atom. The van der Waals surface area contributed by atoms with Gasteiger partial charge in [-0.15, -0.1) is 0 Å². The predicted molar refractivity (Wildman–Crippen MR) is 273 cm³/mol. The molecule has 0 aliphatic rings. The third kappa shape index (κ3) is 48.9. The average Bonchev–Trinajstić information content (AvgIpc) is 3.29. The molecule has 0 saturated carbocycles. The molecule has 0 aromatic carbocycles. The minimum absolute atomic E-state index is 0.154. The number of carbonyl (C=O) groups is 3. The number of amides is 1. The Morgan fingerprint density at radius 1 is 0.424 bits per heavy atom. The summed E-state index contributed by atoms with van der Waals surface area (Å²) in [6, 6.07) is -1.54. The summed E-state index contributed by atoms with van der Waals surface area (Å²) in [4.78, 5) is 46.2. The summed E-state index contributed by atoms with van der Waals surface area (Å²) in [6.07, 6.45) is 52.7. The van der Waals surface area contributed by atoms with Gasteiger partial charge in [0.1, 0.15) is 12.7 Å². The zero-order chi connectivity index (χ0) is 48.4. The van der Waals surface area contributed by atoms with Gasteiger partial charge in [-0.1, -0.05) is 271 Å². The summed E-state index contributed by atoms with van der Waals surface area (Å²) >= 11 is 0. The number of ether oxygens (including phenoxy) is 1. The van der Waals surface area contributed by atoms with Gasteiger partial charge in [0.25, 0.3) is 0 Å². The molecule has 4 N–H and O–H groups in total. The van der Waals surface area contributed by atoms with Crippen LogP contribution in [0.1, 0.15) is 296 Å². The van der Waals surface area contributed by atoms with Crippen LogP contribution >= 0.6 is 7.82 Å². The van der Waals surface area contributed by atoms with Crippen molar-refractivity contribution in [2.75, 3.05) is 19.8 Å². The van der Waals surface area contributed by atoms with E-state index in [-0.39, 0.29) is 12.8 Å². The molecule has 0 bridgehead atoms. The van der Waals surface area contributed by atoms with Gasteiger partial charge in [-0.3, -0.25) is 18.6 Å². The molecule has 0 saturated heterocycles. The largest absolute Gasteiger partial charge is 0.480 e. The standard InChI is InChI=1S/C54H106NO10P/c1-3-5-7-9-11-13-15-17-19-21-23-24-25-26-28-29-31-33-35-37-39-41-43-45-52(57)55-51(54(59)60)49-65-66(61,62)64-48-50(56)47-63-53(58)46-44-42-40-38-36-34-32-30-27-22-20-18-16-14-12-10-8-6-4-2/h50-51,56H,3-49H2,1-2H3,(H,55,57)(H,59,60)(H,61,62). The topological polar surface area (TPSA) is 169 Å². The third-order valence-electron chi connectivity index (χ3n) is 12.9. The van der Waals surface area contributed by atoms with Gasteiger partial charge in [0.2, 0.25) is 5.91 Å². The van der Waals surface area contributed by atoms with Crippen LogP contribution in [0.15, 0.2) is 0 Å². The van der Waals surface area contributed by atoms with Crippen molar-refractivity contribution in [3.05, 3.63) is 0 Å². The number of unbranched alkanes of at least 4 members (excludes halogenated alkanes) is 40. The van der Waals surface area contributed by atoms with Gasteiger partial charge < -0.3 is 25.2 Å². The molecule has 12 heteroatoms. The molecule has 1 amide bonds. The van der Waals surface area contributed by atoms with Crippen LogP contribution in [0.25, 0.3) is 0 Å². The number of rotatable bonds is 54. The van der Waals surface area contributed by atoms with Crippen LogP contribution in [0, 0.1) is 0 Å². The molecule has 0 radical (unpaired) electrons. The maximum atomic E-state index is 12.4. The van der Waals surface area contributed by atoms with Crippen LogP contribution in [0.2, 0.25) is 0 Å². The number of esters is 1. The highest BCUT2D eigenvalue weighted by atomic mass is 31.2. The summed E-state index contributed by atoms with van der Waals surface area (Å²) in [6.45, 7) is 2.67. The fourth-order valence-corrected chi connectivity index (χ4v) is 9.33. The molecule has 11 nitrogen and oxygen atoms in total. The van der Waals surface area contributed by atoms with Crippen molar-refractivity contribution in [1.29, 1.82) is 0 Å². The van der Waals surface area contributed by atoms with Crippen LogP contribution < -0.4 is 5.32 Å². The van der Waals surface area contributed by atoms with Crippen molar-refractivity contribution < 1.29 is 47.8 Å². The van der Waals surface area contributed by atoms with Gasteiger partial charge in [-0.05, 0) is 12.8 Å². The van der Waals surface area contributed by atoms with E-state index in [0.717, 1.165) is 38.5 Å². The Kier molecular flexibility index (Phi) is 48.7. The highest BCUT2D eigenvalue weighted by Crippen LogP contribution is 2.43. The Morgan fingerprint density at radius 3 is 1.00 bits per heavy atom. The van der Waals surface area contributed by atoms with Gasteiger partial charge in [0.05, 0.1) is 13.2 Å². The average molecular weight is 960 g/mol. The second-order valence-corrected chi connectivity index (χ2v) is 21.0. The summed E-state index contributed by atoms with van der Waals surface area (Å²) in [5.41, 5.74) is 0. The molecule has 0 heterocycles. The quantitative estimate of drug-likeness (QED) is 0.0261. The second kappa shape index (κ2) is 49.9. The highest BCUT2D eigenvalue weighted by molar-refractivity contribution is 7.47. The fourth-order valence-electron chi connectivity index (χ4n) is 8.56. The highest BCUT2D eigenvalue weighted by Gasteiger charge is 2.28. The number of aliphatic hydroxyl groups is 1. The fraction of sp³-hybridized carbons (Fsp3) is 0.944. The zero-order valence-corrected chi connectivity index (χ0v) is 43.9. The summed E-state index contributed by atoms with van der Waals surface area (Å²) in [7, 11) is -4.76. The Bertz CT molecular complexity index is 1130. The molecule has 0 aliphatic heterocycles. The lowest BCUT2D eigenvalue weighted by Crippen LogP contribution is -2.43. The van der Waals surface area contributed by atoms with Crippen molar-refractivity contribution in [1.82, 2.24) is 5.32 Å². The first kappa shape index (κ1) is 64.5. The lowest BCUT2D eigenvalue weighted by atomic mass is 10.0. The van der Waals surface area contributed by atoms with Crippen molar-refractivity contribution in [3.8, 4) is 0 Å². The van der Waals surface area contributed by atoms with Crippen LogP contribution in [0.5, 0.6) is 0 Å². The van der Waals surface area contributed by atoms with Gasteiger partial charge in [0, 0.05) is 12.8 Å². The van der Waals surface area contributed by atoms with E-state index in [0.29, 0.717) is 12.8 Å². The molecular weight excluding hydrogens is 854 g/mol. The number of carbonyl (C=O) groups excluding carboxylic acids is 2. The normalized spacial score (nSPS) is 13.4. The third-order valence-corrected chi connectivity index (χ3v) is 13.8. The van der Waals surface area contributed by atoms with Gasteiger partial charge in [-0.25, -0.2) is 9.36 Å². The lowest BCUT2D eigenvalue weighted by molar-refractivity contribution is -0.147. The minimum atomic E-state index is -4.76. The van der Waals surface area contributed by atoms with E-state index in [1.165, 1.54) is 218 Å². The lowest BCUT2D eigenvalue weighted by Gasteiger charge is -2.18. The maximum Gasteiger partial charge on any atom is 0.472 e. The number of nitrogens with one attached hydrogen (secondary N) is 1. The molecule has 392 valence electrons. The van der Waals surface area contributed by atoms with E-state index in [9.17, 15) is 34.1 Å². The first-order valence-corrected chi connectivity index (χ1v) is 29.6. The summed E-state index contributed by atoms with van der Waals surface area (Å²) in [5, 5.41) is 22.0. The number of phosphoric acid groups is 1. The molecule has 0 fully saturated rings. The minimum Gasteiger partial charge on any atom is -0.480 e. The number of phosphoric ester groups is 1.